The molecule has 0 bridgehead atoms. The van der Waals surface area contributed by atoms with Crippen LogP contribution in [0.1, 0.15) is 37.8 Å². The highest BCUT2D eigenvalue weighted by atomic mass is 16.5. The highest BCUT2D eigenvalue weighted by Gasteiger charge is 2.29. The van der Waals surface area contributed by atoms with E-state index in [1.807, 2.05) is 31.4 Å². The van der Waals surface area contributed by atoms with Crippen LogP contribution < -0.4 is 5.69 Å². The summed E-state index contributed by atoms with van der Waals surface area (Å²) in [6.45, 7) is 2.67. The molecule has 0 amide bonds. The Morgan fingerprint density at radius 2 is 2.14 bits per heavy atom. The van der Waals surface area contributed by atoms with Crippen LogP contribution in [-0.4, -0.2) is 37.0 Å². The average molecular weight is 481 g/mol. The number of ether oxygens (including phenoxy) is 1. The summed E-state index contributed by atoms with van der Waals surface area (Å²) in [7, 11) is 1.81. The molecule has 2 unspecified atom stereocenters. The van der Waals surface area contributed by atoms with Gasteiger partial charge in [-0.1, -0.05) is 13.0 Å². The molecule has 0 radical (unpaired) electrons. The van der Waals surface area contributed by atoms with E-state index in [1.54, 1.807) is 33.9 Å². The number of aryl methyl sites for hydroxylation is 1. The summed E-state index contributed by atoms with van der Waals surface area (Å²) in [5, 5.41) is 14.9. The van der Waals surface area contributed by atoms with Crippen LogP contribution in [0.4, 0.5) is 0 Å². The van der Waals surface area contributed by atoms with E-state index in [1.165, 1.54) is 0 Å². The first kappa shape index (κ1) is 22.2. The molecule has 5 aromatic rings. The molecule has 1 fully saturated rings. The lowest BCUT2D eigenvalue weighted by Gasteiger charge is -2.30. The molecule has 5 heterocycles. The molecular weight excluding hydrogens is 456 g/mol. The molecule has 4 aromatic heterocycles. The predicted octanol–water partition coefficient (Wildman–Crippen LogP) is 4.61. The lowest BCUT2D eigenvalue weighted by atomic mass is 9.98. The maximum absolute atomic E-state index is 13.6. The van der Waals surface area contributed by atoms with Crippen LogP contribution in [-0.2, 0) is 11.8 Å². The van der Waals surface area contributed by atoms with Gasteiger partial charge in [-0.3, -0.25) is 14.2 Å². The zero-order chi connectivity index (χ0) is 24.8. The molecule has 1 aliphatic rings. The van der Waals surface area contributed by atoms with E-state index < -0.39 is 0 Å². The van der Waals surface area contributed by atoms with Crippen molar-refractivity contribution in [1.29, 1.82) is 5.26 Å². The Kier molecular flexibility index (Phi) is 5.38. The second-order valence-electron chi connectivity index (χ2n) is 9.12. The van der Waals surface area contributed by atoms with Gasteiger partial charge in [-0.05, 0) is 37.5 Å². The molecule has 0 saturated carbocycles. The van der Waals surface area contributed by atoms with Crippen molar-refractivity contribution in [2.24, 2.45) is 7.05 Å². The number of rotatable bonds is 4. The molecule has 9 nitrogen and oxygen atoms in total. The molecule has 2 atom stereocenters. The van der Waals surface area contributed by atoms with Gasteiger partial charge in [0.1, 0.15) is 16.8 Å². The number of hydrogen-bond donors (Lipinski definition) is 0. The van der Waals surface area contributed by atoms with Gasteiger partial charge in [0.15, 0.2) is 5.58 Å². The van der Waals surface area contributed by atoms with Crippen LogP contribution >= 0.6 is 0 Å². The van der Waals surface area contributed by atoms with Gasteiger partial charge >= 0.3 is 5.69 Å². The van der Waals surface area contributed by atoms with Crippen molar-refractivity contribution < 1.29 is 9.15 Å². The van der Waals surface area contributed by atoms with E-state index in [0.717, 1.165) is 29.4 Å². The zero-order valence-electron chi connectivity index (χ0n) is 20.0. The van der Waals surface area contributed by atoms with Crippen molar-refractivity contribution in [3.05, 3.63) is 65.1 Å². The fraction of sp³-hybridized carbons (Fsp3) is 0.296. The number of pyridine rings is 1. The van der Waals surface area contributed by atoms with E-state index in [0.29, 0.717) is 46.5 Å². The number of benzene rings is 1. The van der Waals surface area contributed by atoms with Crippen molar-refractivity contribution in [2.75, 3.05) is 6.61 Å². The summed E-state index contributed by atoms with van der Waals surface area (Å²) in [5.74, 6) is 0. The van der Waals surface area contributed by atoms with Crippen molar-refractivity contribution in [1.82, 2.24) is 24.3 Å². The maximum atomic E-state index is 13.6. The van der Waals surface area contributed by atoms with E-state index in [9.17, 15) is 10.1 Å². The highest BCUT2D eigenvalue weighted by Crippen LogP contribution is 2.39. The standard InChI is InChI=1S/C27H24N6O3/c1-3-20-10-19(6-8-35-20)33-25-22-11-21(16-5-4-7-29-13-16)17(12-28)9-23(22)36-26(25)24(31-27(33)34)18-14-30-32(2)15-18/h4-5,7,9,11,13-15,19-20H,3,6,8,10H2,1-2H3. The van der Waals surface area contributed by atoms with Crippen LogP contribution in [0.25, 0.3) is 44.5 Å². The Balaban J connectivity index is 1.70. The first-order chi connectivity index (χ1) is 17.6. The molecule has 1 saturated heterocycles. The average Bonchev–Trinajstić information content (AvgIpc) is 3.51. The van der Waals surface area contributed by atoms with Gasteiger partial charge in [-0.15, -0.1) is 0 Å². The van der Waals surface area contributed by atoms with E-state index in [2.05, 4.69) is 28.1 Å². The third-order valence-electron chi connectivity index (χ3n) is 6.90. The summed E-state index contributed by atoms with van der Waals surface area (Å²) >= 11 is 0. The predicted molar refractivity (Wildman–Crippen MR) is 134 cm³/mol. The molecule has 180 valence electrons. The second kappa shape index (κ2) is 8.73. The number of furan rings is 1. The fourth-order valence-electron chi connectivity index (χ4n) is 5.14. The molecule has 9 heteroatoms. The van der Waals surface area contributed by atoms with Gasteiger partial charge in [0.25, 0.3) is 0 Å². The lowest BCUT2D eigenvalue weighted by molar-refractivity contribution is -0.00709. The topological polar surface area (TPSA) is 112 Å². The molecule has 1 aliphatic heterocycles. The fourth-order valence-corrected chi connectivity index (χ4v) is 5.14. The molecule has 0 spiro atoms. The normalized spacial score (nSPS) is 18.0. The number of aromatic nitrogens is 5. The van der Waals surface area contributed by atoms with Crippen molar-refractivity contribution in [3.63, 3.8) is 0 Å². The summed E-state index contributed by atoms with van der Waals surface area (Å²) in [4.78, 5) is 22.3. The Bertz CT molecular complexity index is 1690. The summed E-state index contributed by atoms with van der Waals surface area (Å²) in [6, 6.07) is 9.61. The van der Waals surface area contributed by atoms with E-state index in [-0.39, 0.29) is 17.8 Å². The van der Waals surface area contributed by atoms with Crippen molar-refractivity contribution in [3.8, 4) is 28.5 Å². The van der Waals surface area contributed by atoms with Crippen LogP contribution in [0.15, 0.2) is 58.3 Å². The van der Waals surface area contributed by atoms with Gasteiger partial charge in [0, 0.05) is 60.4 Å². The van der Waals surface area contributed by atoms with Crippen molar-refractivity contribution >= 4 is 22.1 Å². The van der Waals surface area contributed by atoms with Gasteiger partial charge in [0.2, 0.25) is 0 Å². The first-order valence-electron chi connectivity index (χ1n) is 12.0. The van der Waals surface area contributed by atoms with Crippen LogP contribution in [0.5, 0.6) is 0 Å². The monoisotopic (exact) mass is 480 g/mol. The number of hydrogen-bond acceptors (Lipinski definition) is 7. The smallest absolute Gasteiger partial charge is 0.349 e. The molecular formula is C27H24N6O3. The minimum atomic E-state index is -0.335. The van der Waals surface area contributed by atoms with E-state index in [4.69, 9.17) is 9.15 Å². The first-order valence-corrected chi connectivity index (χ1v) is 12.0. The van der Waals surface area contributed by atoms with Crippen molar-refractivity contribution in [2.45, 2.75) is 38.3 Å². The highest BCUT2D eigenvalue weighted by molar-refractivity contribution is 6.08. The van der Waals surface area contributed by atoms with E-state index >= 15 is 0 Å². The number of nitrogens with zero attached hydrogens (tertiary/aromatic N) is 6. The Morgan fingerprint density at radius 3 is 2.86 bits per heavy atom. The molecule has 0 N–H and O–H groups in total. The largest absolute Gasteiger partial charge is 0.452 e. The minimum Gasteiger partial charge on any atom is -0.452 e. The van der Waals surface area contributed by atoms with Crippen LogP contribution in [0.3, 0.4) is 0 Å². The van der Waals surface area contributed by atoms with Crippen LogP contribution in [0, 0.1) is 11.3 Å². The Hall–Kier alpha value is -4.29. The minimum absolute atomic E-state index is 0.0765. The summed E-state index contributed by atoms with van der Waals surface area (Å²) in [5.41, 5.74) is 4.53. The zero-order valence-corrected chi connectivity index (χ0v) is 20.0. The van der Waals surface area contributed by atoms with Gasteiger partial charge < -0.3 is 9.15 Å². The molecule has 6 rings (SSSR count). The van der Waals surface area contributed by atoms with Crippen LogP contribution in [0.2, 0.25) is 0 Å². The second-order valence-corrected chi connectivity index (χ2v) is 9.12. The summed E-state index contributed by atoms with van der Waals surface area (Å²) < 4.78 is 15.7. The molecule has 1 aromatic carbocycles. The third-order valence-corrected chi connectivity index (χ3v) is 6.90. The molecule has 0 aliphatic carbocycles. The lowest BCUT2D eigenvalue weighted by Crippen LogP contribution is -2.34. The Labute approximate surface area is 206 Å². The molecule has 36 heavy (non-hydrogen) atoms. The maximum Gasteiger partial charge on any atom is 0.349 e. The Morgan fingerprint density at radius 1 is 1.25 bits per heavy atom. The summed E-state index contributed by atoms with van der Waals surface area (Å²) in [6.07, 6.45) is 9.28. The SMILES string of the molecule is CCC1CC(n2c(=O)nc(-c3cnn(C)c3)c3oc4cc(C#N)c(-c5cccnc5)cc4c32)CCO1. The van der Waals surface area contributed by atoms with Gasteiger partial charge in [-0.2, -0.15) is 15.3 Å². The quantitative estimate of drug-likeness (QED) is 0.369. The van der Waals surface area contributed by atoms with Gasteiger partial charge in [-0.25, -0.2) is 4.79 Å². The number of fused-ring (bicyclic) bond motifs is 3. The third kappa shape index (κ3) is 3.58. The number of nitriles is 1. The van der Waals surface area contributed by atoms with Gasteiger partial charge in [0.05, 0.1) is 23.9 Å².